The third-order valence-corrected chi connectivity index (χ3v) is 3.11. The number of nitrogens with zero attached hydrogens (tertiary/aromatic N) is 1. The van der Waals surface area contributed by atoms with Gasteiger partial charge in [0.05, 0.1) is 14.2 Å². The standard InChI is InChI=1S/C15H14ClNO4/c1-20-12-7-4-8-13(21-2)14(12)17(15(18)19)11-6-3-5-10(16)9-11/h3-9H,1-2H3,(H,18,19)/p-1. The summed E-state index contributed by atoms with van der Waals surface area (Å²) in [6.07, 6.45) is -1.42. The molecule has 0 aromatic heterocycles. The fraction of sp³-hybridized carbons (Fsp3) is 0.133. The summed E-state index contributed by atoms with van der Waals surface area (Å²) < 4.78 is 10.4. The Bertz CT molecular complexity index is 638. The summed E-state index contributed by atoms with van der Waals surface area (Å²) >= 11 is 5.93. The minimum absolute atomic E-state index is 0.241. The molecule has 0 heterocycles. The summed E-state index contributed by atoms with van der Waals surface area (Å²) in [6, 6.07) is 11.4. The molecule has 110 valence electrons. The van der Waals surface area contributed by atoms with Crippen LogP contribution in [0.15, 0.2) is 42.5 Å². The summed E-state index contributed by atoms with van der Waals surface area (Å²) in [6.45, 7) is 0. The van der Waals surface area contributed by atoms with Gasteiger partial charge in [-0.2, -0.15) is 0 Å². The molecule has 0 spiro atoms. The molecule has 0 fully saturated rings. The highest BCUT2D eigenvalue weighted by atomic mass is 35.5. The van der Waals surface area contributed by atoms with E-state index < -0.39 is 6.09 Å². The summed E-state index contributed by atoms with van der Waals surface area (Å²) in [5.74, 6) is 0.692. The Morgan fingerprint density at radius 1 is 1.10 bits per heavy atom. The van der Waals surface area contributed by atoms with Gasteiger partial charge in [-0.1, -0.05) is 23.7 Å². The maximum Gasteiger partial charge on any atom is 0.146 e. The Morgan fingerprint density at radius 2 is 1.67 bits per heavy atom. The van der Waals surface area contributed by atoms with E-state index in [1.807, 2.05) is 0 Å². The zero-order valence-corrected chi connectivity index (χ0v) is 12.3. The van der Waals surface area contributed by atoms with Gasteiger partial charge in [-0.15, -0.1) is 0 Å². The number of hydrogen-bond acceptors (Lipinski definition) is 4. The molecule has 0 aliphatic rings. The number of benzene rings is 2. The smallest absolute Gasteiger partial charge is 0.146 e. The van der Waals surface area contributed by atoms with Gasteiger partial charge >= 0.3 is 0 Å². The molecule has 0 radical (unpaired) electrons. The van der Waals surface area contributed by atoms with Gasteiger partial charge in [0.15, 0.2) is 0 Å². The van der Waals surface area contributed by atoms with Crippen molar-refractivity contribution in [3.8, 4) is 11.5 Å². The Kier molecular flexibility index (Phi) is 4.55. The van der Waals surface area contributed by atoms with E-state index in [-0.39, 0.29) is 5.69 Å². The first-order valence-corrected chi connectivity index (χ1v) is 6.44. The molecule has 0 saturated carbocycles. The summed E-state index contributed by atoms with van der Waals surface area (Å²) in [7, 11) is 2.90. The number of carbonyl (C=O) groups is 1. The van der Waals surface area contributed by atoms with Gasteiger partial charge in [0, 0.05) is 10.7 Å². The molecule has 0 aliphatic carbocycles. The average molecular weight is 307 g/mol. The predicted molar refractivity (Wildman–Crippen MR) is 78.5 cm³/mol. The van der Waals surface area contributed by atoms with Crippen LogP contribution in [0.2, 0.25) is 5.02 Å². The minimum atomic E-state index is -1.42. The first-order valence-electron chi connectivity index (χ1n) is 6.06. The van der Waals surface area contributed by atoms with E-state index in [0.29, 0.717) is 22.2 Å². The van der Waals surface area contributed by atoms with Crippen LogP contribution in [0.4, 0.5) is 16.2 Å². The highest BCUT2D eigenvalue weighted by Crippen LogP contribution is 2.41. The number of carboxylic acid groups (broad SMARTS) is 1. The molecule has 0 unspecified atom stereocenters. The van der Waals surface area contributed by atoms with Crippen LogP contribution in [-0.4, -0.2) is 20.3 Å². The monoisotopic (exact) mass is 306 g/mol. The van der Waals surface area contributed by atoms with Crippen LogP contribution < -0.4 is 19.5 Å². The number of methoxy groups -OCH3 is 2. The number of anilines is 2. The van der Waals surface area contributed by atoms with Crippen molar-refractivity contribution in [2.24, 2.45) is 0 Å². The first kappa shape index (κ1) is 15.0. The number of ether oxygens (including phenoxy) is 2. The van der Waals surface area contributed by atoms with Crippen molar-refractivity contribution in [3.05, 3.63) is 47.5 Å². The molecule has 0 aliphatic heterocycles. The molecule has 0 atom stereocenters. The molecular formula is C15H13ClNO4-. The van der Waals surface area contributed by atoms with E-state index in [4.69, 9.17) is 21.1 Å². The van der Waals surface area contributed by atoms with E-state index in [9.17, 15) is 9.90 Å². The van der Waals surface area contributed by atoms with Crippen molar-refractivity contribution < 1.29 is 19.4 Å². The van der Waals surface area contributed by atoms with Gasteiger partial charge in [0.25, 0.3) is 0 Å². The second kappa shape index (κ2) is 6.37. The van der Waals surface area contributed by atoms with Gasteiger partial charge in [-0.05, 0) is 30.3 Å². The molecule has 0 N–H and O–H groups in total. The van der Waals surface area contributed by atoms with Gasteiger partial charge in [0.2, 0.25) is 0 Å². The van der Waals surface area contributed by atoms with Crippen molar-refractivity contribution in [3.63, 3.8) is 0 Å². The lowest BCUT2D eigenvalue weighted by atomic mass is 10.2. The van der Waals surface area contributed by atoms with Crippen molar-refractivity contribution in [2.75, 3.05) is 19.1 Å². The lowest BCUT2D eigenvalue weighted by molar-refractivity contribution is -0.245. The molecule has 2 rings (SSSR count). The Hall–Kier alpha value is -2.40. The normalized spacial score (nSPS) is 10.0. The van der Waals surface area contributed by atoms with Crippen LogP contribution in [0, 0.1) is 0 Å². The van der Waals surface area contributed by atoms with E-state index in [0.717, 1.165) is 4.90 Å². The fourth-order valence-corrected chi connectivity index (χ4v) is 2.18. The topological polar surface area (TPSA) is 61.8 Å². The molecule has 5 nitrogen and oxygen atoms in total. The third-order valence-electron chi connectivity index (χ3n) is 2.87. The van der Waals surface area contributed by atoms with E-state index in [1.54, 1.807) is 36.4 Å². The summed E-state index contributed by atoms with van der Waals surface area (Å²) in [4.78, 5) is 12.6. The van der Waals surface area contributed by atoms with Crippen LogP contribution in [0.1, 0.15) is 0 Å². The van der Waals surface area contributed by atoms with Crippen LogP contribution in [-0.2, 0) is 0 Å². The summed E-state index contributed by atoms with van der Waals surface area (Å²) in [5, 5.41) is 12.0. The molecule has 6 heteroatoms. The summed E-state index contributed by atoms with van der Waals surface area (Å²) in [5.41, 5.74) is 0.579. The van der Waals surface area contributed by atoms with Crippen molar-refractivity contribution in [2.45, 2.75) is 0 Å². The second-order valence-corrected chi connectivity index (χ2v) is 4.53. The molecule has 21 heavy (non-hydrogen) atoms. The highest BCUT2D eigenvalue weighted by molar-refractivity contribution is 6.31. The number of hydrogen-bond donors (Lipinski definition) is 0. The number of rotatable bonds is 4. The largest absolute Gasteiger partial charge is 0.529 e. The second-order valence-electron chi connectivity index (χ2n) is 4.09. The Morgan fingerprint density at radius 3 is 2.14 bits per heavy atom. The average Bonchev–Trinajstić information content (AvgIpc) is 2.47. The molecule has 0 saturated heterocycles. The quantitative estimate of drug-likeness (QED) is 0.871. The maximum absolute atomic E-state index is 11.6. The predicted octanol–water partition coefficient (Wildman–Crippen LogP) is 2.84. The number of para-hydroxylation sites is 1. The zero-order chi connectivity index (χ0) is 15.4. The Labute approximate surface area is 127 Å². The lowest BCUT2D eigenvalue weighted by Crippen LogP contribution is -2.38. The van der Waals surface area contributed by atoms with E-state index in [1.165, 1.54) is 20.3 Å². The van der Waals surface area contributed by atoms with Gasteiger partial charge in [0.1, 0.15) is 23.3 Å². The molecule has 1 amide bonds. The minimum Gasteiger partial charge on any atom is -0.529 e. The van der Waals surface area contributed by atoms with E-state index >= 15 is 0 Å². The van der Waals surface area contributed by atoms with Crippen LogP contribution in [0.3, 0.4) is 0 Å². The molecular weight excluding hydrogens is 294 g/mol. The van der Waals surface area contributed by atoms with Gasteiger partial charge in [-0.25, -0.2) is 0 Å². The van der Waals surface area contributed by atoms with Crippen molar-refractivity contribution in [1.29, 1.82) is 0 Å². The molecule has 0 bridgehead atoms. The van der Waals surface area contributed by atoms with Crippen LogP contribution >= 0.6 is 11.6 Å². The molecule has 2 aromatic rings. The Balaban J connectivity index is 2.66. The number of amides is 1. The number of carbonyl (C=O) groups excluding carboxylic acids is 1. The SMILES string of the molecule is COc1cccc(OC)c1N(C(=O)[O-])c1cccc(Cl)c1. The zero-order valence-electron chi connectivity index (χ0n) is 11.5. The van der Waals surface area contributed by atoms with Gasteiger partial charge < -0.3 is 19.4 Å². The third kappa shape index (κ3) is 3.03. The van der Waals surface area contributed by atoms with E-state index in [2.05, 4.69) is 0 Å². The van der Waals surface area contributed by atoms with Gasteiger partial charge in [-0.3, -0.25) is 4.90 Å². The first-order chi connectivity index (χ1) is 10.1. The highest BCUT2D eigenvalue weighted by Gasteiger charge is 2.20. The lowest BCUT2D eigenvalue weighted by Gasteiger charge is -2.28. The van der Waals surface area contributed by atoms with Crippen molar-refractivity contribution >= 4 is 29.1 Å². The van der Waals surface area contributed by atoms with Crippen LogP contribution in [0.5, 0.6) is 11.5 Å². The fourth-order valence-electron chi connectivity index (χ4n) is 1.99. The molecule has 2 aromatic carbocycles. The number of halogens is 1. The van der Waals surface area contributed by atoms with Crippen molar-refractivity contribution in [1.82, 2.24) is 0 Å². The maximum atomic E-state index is 11.6. The van der Waals surface area contributed by atoms with Crippen LogP contribution in [0.25, 0.3) is 0 Å².